The van der Waals surface area contributed by atoms with Gasteiger partial charge in [0.2, 0.25) is 0 Å². The van der Waals surface area contributed by atoms with Gasteiger partial charge in [-0.15, -0.1) is 0 Å². The van der Waals surface area contributed by atoms with Crippen molar-refractivity contribution in [3.8, 4) is 28.7 Å². The fourth-order valence-corrected chi connectivity index (χ4v) is 19.7. The van der Waals surface area contributed by atoms with E-state index in [0.717, 1.165) is 94.1 Å². The van der Waals surface area contributed by atoms with Crippen molar-refractivity contribution in [3.05, 3.63) is 147 Å². The van der Waals surface area contributed by atoms with E-state index in [0.29, 0.717) is 79.1 Å². The summed E-state index contributed by atoms with van der Waals surface area (Å²) in [6.07, 6.45) is 6.63. The lowest BCUT2D eigenvalue weighted by Gasteiger charge is -2.52. The molecule has 0 amide bonds. The Bertz CT molecular complexity index is 3130. The number of nitrogens with one attached hydrogen (secondary N) is 3. The number of fused-ring (bicyclic) bond motifs is 5. The smallest absolute Gasteiger partial charge is 0.164 e. The first kappa shape index (κ1) is 60.6. The number of H-pyrrole nitrogens is 1. The lowest BCUT2D eigenvalue weighted by molar-refractivity contribution is -0.150. The number of aromatic hydroxyl groups is 3. The van der Waals surface area contributed by atoms with Crippen molar-refractivity contribution in [1.29, 1.82) is 0 Å². The van der Waals surface area contributed by atoms with Crippen LogP contribution in [-0.4, -0.2) is 125 Å². The molecule has 10 rings (SSSR count). The van der Waals surface area contributed by atoms with Crippen molar-refractivity contribution in [2.24, 2.45) is 29.6 Å². The average molecular weight is 1190 g/mol. The van der Waals surface area contributed by atoms with E-state index in [1.54, 1.807) is 74.6 Å². The molecule has 82 heavy (non-hydrogen) atoms. The molecule has 9 N–H and O–H groups in total. The minimum Gasteiger partial charge on any atom is -0.508 e. The summed E-state index contributed by atoms with van der Waals surface area (Å²) in [7, 11) is 11.8. The molecule has 11 unspecified atom stereocenters. The highest BCUT2D eigenvalue weighted by Gasteiger charge is 2.61. The largest absolute Gasteiger partial charge is 0.508 e. The Morgan fingerprint density at radius 2 is 1.68 bits per heavy atom. The molecule has 5 aromatic carbocycles. The molecule has 2 aliphatic carbocycles. The molecule has 11 atom stereocenters. The van der Waals surface area contributed by atoms with E-state index in [1.807, 2.05) is 62.9 Å². The molecule has 2 saturated carbocycles. The zero-order chi connectivity index (χ0) is 57.5. The number of ketones is 1. The normalized spacial score (nSPS) is 27.2. The number of benzene rings is 5. The molecule has 2 fully saturated rings. The summed E-state index contributed by atoms with van der Waals surface area (Å²) >= 11 is 0. The predicted octanol–water partition coefficient (Wildman–Crippen LogP) is 10.8. The van der Waals surface area contributed by atoms with Crippen molar-refractivity contribution in [2.45, 2.75) is 106 Å². The van der Waals surface area contributed by atoms with E-state index in [1.165, 1.54) is 0 Å². The number of aromatic amines is 1. The monoisotopic (exact) mass is 1190 g/mol. The Morgan fingerprint density at radius 3 is 2.46 bits per heavy atom. The molecule has 0 radical (unpaired) electrons. The van der Waals surface area contributed by atoms with E-state index in [-0.39, 0.29) is 53.3 Å². The number of rotatable bonds is 15. The minimum absolute atomic E-state index is 0.00488. The quantitative estimate of drug-likeness (QED) is 0.0346. The molecule has 13 nitrogen and oxygen atoms in total. The molecular formula is C65H81N3O10S4. The number of ether oxygens (including phenoxy) is 3. The Balaban J connectivity index is 1.13. The van der Waals surface area contributed by atoms with E-state index in [4.69, 9.17) is 14.2 Å². The number of phenolic OH excluding ortho intramolecular Hbond substituents is 3. The number of hydrogen-bond acceptors (Lipinski definition) is 16. The second kappa shape index (κ2) is 27.7. The molecule has 1 aromatic heterocycles. The summed E-state index contributed by atoms with van der Waals surface area (Å²) in [4.78, 5) is 20.5. The van der Waals surface area contributed by atoms with Gasteiger partial charge in [-0.3, -0.25) is 4.79 Å². The van der Waals surface area contributed by atoms with Gasteiger partial charge < -0.3 is 60.5 Å². The highest BCUT2D eigenvalue weighted by molar-refractivity contribution is 8.77. The first-order valence-electron chi connectivity index (χ1n) is 29.2. The molecule has 6 aromatic rings. The number of carbonyl (C=O) groups excluding carboxylic acids is 1. The zero-order valence-corrected chi connectivity index (χ0v) is 50.7. The first-order valence-corrected chi connectivity index (χ1v) is 34.0. The van der Waals surface area contributed by atoms with Crippen LogP contribution in [0.15, 0.2) is 97.3 Å². The van der Waals surface area contributed by atoms with Gasteiger partial charge >= 0.3 is 0 Å². The van der Waals surface area contributed by atoms with Crippen molar-refractivity contribution in [3.63, 3.8) is 0 Å². The summed E-state index contributed by atoms with van der Waals surface area (Å²) in [6, 6.07) is 26.7. The highest BCUT2D eigenvalue weighted by atomic mass is 33.1. The van der Waals surface area contributed by atoms with Crippen molar-refractivity contribution in [1.82, 2.24) is 15.6 Å². The fraction of sp³-hybridized carbons (Fsp3) is 0.492. The zero-order valence-electron chi connectivity index (χ0n) is 47.5. The van der Waals surface area contributed by atoms with Gasteiger partial charge in [-0.25, -0.2) is 0 Å². The van der Waals surface area contributed by atoms with Gasteiger partial charge in [0.15, 0.2) is 28.8 Å². The van der Waals surface area contributed by atoms with Crippen LogP contribution >= 0.6 is 43.2 Å². The fourth-order valence-electron chi connectivity index (χ4n) is 14.0. The third kappa shape index (κ3) is 12.7. The van der Waals surface area contributed by atoms with Gasteiger partial charge in [0.05, 0.1) is 36.6 Å². The standard InChI is InChI=1S/C65H81N3O10S4/c1-5-41-12-13-42-8-6-9-50-58(33-69)82-81-36-47-28-59(73)65(48-23-40(31-67-3)24-49(70)29-48,53-37-80-79-35-45-11-10-39(34-77-21-7-19-66-2)25-56(45)78-57-27-44(53)15-16-54(57)71)64(75)61(47)62(74)46(22-38-18-20-68-32-38)26-43-14-17-55(72)63(76-4)52(43)30-51(41)60(42)50/h6,8-9,12-18,20,23-24,27,29,32,39,45-47,53,56,58-59,61-62,66-74H,5,7,10-11,19,21-22,25-26,28,30-31,33-37H2,1-4H3. The third-order valence-corrected chi connectivity index (χ3v) is 23.4. The maximum Gasteiger partial charge on any atom is 0.164 e. The van der Waals surface area contributed by atoms with E-state index in [9.17, 15) is 30.6 Å². The number of Topliss-reactive ketones (excluding diaryl/α,β-unsaturated/α-hetero) is 1. The number of aryl methyl sites for hydroxylation is 1. The second-order valence-corrected chi connectivity index (χ2v) is 28.2. The maximum atomic E-state index is 17.3. The number of aliphatic hydroxyl groups is 3. The van der Waals surface area contributed by atoms with Crippen LogP contribution in [0.25, 0.3) is 10.8 Å². The van der Waals surface area contributed by atoms with Crippen LogP contribution in [0.2, 0.25) is 0 Å². The van der Waals surface area contributed by atoms with Crippen LogP contribution in [0.5, 0.6) is 28.7 Å². The first-order chi connectivity index (χ1) is 39.9. The summed E-state index contributed by atoms with van der Waals surface area (Å²) in [5, 5.41) is 82.0. The van der Waals surface area contributed by atoms with Crippen LogP contribution in [0.1, 0.15) is 100 Å². The summed E-state index contributed by atoms with van der Waals surface area (Å²) in [5.74, 6) is -0.635. The van der Waals surface area contributed by atoms with Crippen LogP contribution in [0.4, 0.5) is 0 Å². The van der Waals surface area contributed by atoms with Crippen LogP contribution in [0, 0.1) is 29.6 Å². The van der Waals surface area contributed by atoms with Crippen LogP contribution < -0.4 is 20.1 Å². The van der Waals surface area contributed by atoms with E-state index in [2.05, 4.69) is 46.8 Å². The van der Waals surface area contributed by atoms with Gasteiger partial charge in [0.1, 0.15) is 11.9 Å². The summed E-state index contributed by atoms with van der Waals surface area (Å²) < 4.78 is 19.2. The molecule has 2 bridgehead atoms. The summed E-state index contributed by atoms with van der Waals surface area (Å²) in [5.41, 5.74) is 5.90. The molecule has 440 valence electrons. The highest BCUT2D eigenvalue weighted by Crippen LogP contribution is 2.57. The lowest BCUT2D eigenvalue weighted by atomic mass is 9.52. The molecular weight excluding hydrogens is 1110 g/mol. The van der Waals surface area contributed by atoms with Gasteiger partial charge in [-0.05, 0) is 181 Å². The number of phenols is 3. The number of aliphatic hydroxyl groups excluding tert-OH is 3. The van der Waals surface area contributed by atoms with Crippen LogP contribution in [-0.2, 0) is 47.2 Å². The molecule has 0 spiro atoms. The van der Waals surface area contributed by atoms with Crippen LogP contribution in [0.3, 0.4) is 0 Å². The Hall–Kier alpha value is -4.53. The Labute approximate surface area is 498 Å². The van der Waals surface area contributed by atoms with Crippen molar-refractivity contribution < 1.29 is 49.6 Å². The summed E-state index contributed by atoms with van der Waals surface area (Å²) in [6.45, 7) is 4.56. The molecule has 17 heteroatoms. The Morgan fingerprint density at radius 1 is 0.854 bits per heavy atom. The molecule has 0 saturated heterocycles. The SMILES string of the molecule is CCc1ccc2cccc3c2c1Cc1c(ccc(O)c1OC)CC(Cc1cc[nH]c1)C(O)C1C(=O)C(c2cc(O)cc(CNC)c2)(C2CSSCC4CCC(COCCCNC)CC4Oc4cc2ccc4O)C(O)CC1CSSC3CO. The number of aromatic nitrogens is 1. The topological polar surface area (TPSA) is 206 Å². The number of hydrogen-bond donors (Lipinski definition) is 9. The maximum absolute atomic E-state index is 17.3. The third-order valence-electron chi connectivity index (χ3n) is 18.1. The van der Waals surface area contributed by atoms with E-state index >= 15 is 4.79 Å². The second-order valence-electron chi connectivity index (χ2n) is 23.0. The van der Waals surface area contributed by atoms with Gasteiger partial charge in [0, 0.05) is 79.1 Å². The van der Waals surface area contributed by atoms with Gasteiger partial charge in [-0.1, -0.05) is 98.6 Å². The van der Waals surface area contributed by atoms with Crippen molar-refractivity contribution >= 4 is 59.7 Å². The number of carbonyl (C=O) groups is 1. The molecule has 3 heterocycles. The van der Waals surface area contributed by atoms with Gasteiger partial charge in [0.25, 0.3) is 0 Å². The van der Waals surface area contributed by atoms with E-state index < -0.39 is 41.3 Å². The van der Waals surface area contributed by atoms with Crippen molar-refractivity contribution in [2.75, 3.05) is 64.8 Å². The average Bonchev–Trinajstić information content (AvgIpc) is 2.11. The molecule has 4 aliphatic rings. The molecule has 2 aliphatic heterocycles. The lowest BCUT2D eigenvalue weighted by Crippen LogP contribution is -2.62. The Kier molecular flexibility index (Phi) is 20.4. The predicted molar refractivity (Wildman–Crippen MR) is 334 cm³/mol. The minimum atomic E-state index is -1.74. The number of methoxy groups -OCH3 is 1. The van der Waals surface area contributed by atoms with Gasteiger partial charge in [-0.2, -0.15) is 0 Å².